The van der Waals surface area contributed by atoms with Crippen molar-refractivity contribution in [1.82, 2.24) is 15.5 Å². The van der Waals surface area contributed by atoms with Crippen molar-refractivity contribution >= 4 is 17.7 Å². The van der Waals surface area contributed by atoms with Gasteiger partial charge in [-0.05, 0) is 32.6 Å². The van der Waals surface area contributed by atoms with Crippen LogP contribution in [0.5, 0.6) is 0 Å². The molecule has 0 radical (unpaired) electrons. The van der Waals surface area contributed by atoms with Crippen molar-refractivity contribution in [3.8, 4) is 0 Å². The Kier molecular flexibility index (Phi) is 4.18. The Morgan fingerprint density at radius 3 is 2.48 bits per heavy atom. The van der Waals surface area contributed by atoms with Gasteiger partial charge in [-0.25, -0.2) is 0 Å². The average molecular weight is 399 g/mol. The van der Waals surface area contributed by atoms with Gasteiger partial charge in [0.05, 0.1) is 17.4 Å². The second kappa shape index (κ2) is 6.42. The van der Waals surface area contributed by atoms with Crippen molar-refractivity contribution in [1.29, 1.82) is 0 Å². The molecule has 0 aromatic heterocycles. The molecule has 0 aromatic rings. The lowest BCUT2D eigenvalue weighted by Crippen LogP contribution is -2.56. The number of rotatable bonds is 6. The molecule has 3 heterocycles. The summed E-state index contributed by atoms with van der Waals surface area (Å²) < 4.78 is 6.42. The van der Waals surface area contributed by atoms with Crippen LogP contribution in [0.1, 0.15) is 45.4 Å². The molecule has 29 heavy (non-hydrogen) atoms. The molecule has 2 N–H and O–H groups in total. The maximum absolute atomic E-state index is 13.5. The van der Waals surface area contributed by atoms with Gasteiger partial charge < -0.3 is 20.3 Å². The van der Waals surface area contributed by atoms with Crippen LogP contribution in [0, 0.1) is 11.8 Å². The van der Waals surface area contributed by atoms with Crippen LogP contribution in [0.4, 0.5) is 0 Å². The SMILES string of the molecule is C=CCN1C(=O)C2C(C(=O)NC3CC3)C3(C)C=CC2(O3)C1C(=O)NC1CCCC1. The van der Waals surface area contributed by atoms with Crippen molar-refractivity contribution in [2.75, 3.05) is 6.54 Å². The summed E-state index contributed by atoms with van der Waals surface area (Å²) in [4.78, 5) is 41.5. The third-order valence-corrected chi connectivity index (χ3v) is 7.28. The minimum absolute atomic E-state index is 0.144. The summed E-state index contributed by atoms with van der Waals surface area (Å²) in [6.07, 6.45) is 11.5. The number of nitrogens with zero attached hydrogens (tertiary/aromatic N) is 1. The zero-order chi connectivity index (χ0) is 20.4. The summed E-state index contributed by atoms with van der Waals surface area (Å²) in [7, 11) is 0. The van der Waals surface area contributed by atoms with E-state index in [1.807, 2.05) is 19.1 Å². The fourth-order valence-electron chi connectivity index (χ4n) is 5.83. The highest BCUT2D eigenvalue weighted by molar-refractivity contribution is 6.00. The first kappa shape index (κ1) is 18.9. The van der Waals surface area contributed by atoms with E-state index >= 15 is 0 Å². The van der Waals surface area contributed by atoms with Gasteiger partial charge in [-0.3, -0.25) is 14.4 Å². The van der Waals surface area contributed by atoms with Crippen molar-refractivity contribution in [3.63, 3.8) is 0 Å². The molecule has 0 aromatic carbocycles. The van der Waals surface area contributed by atoms with Crippen molar-refractivity contribution in [3.05, 3.63) is 24.8 Å². The number of amides is 3. The minimum Gasteiger partial charge on any atom is -0.356 e. The zero-order valence-corrected chi connectivity index (χ0v) is 16.9. The molecule has 5 atom stereocenters. The quantitative estimate of drug-likeness (QED) is 0.654. The summed E-state index contributed by atoms with van der Waals surface area (Å²) in [6, 6.07) is -0.437. The van der Waals surface area contributed by atoms with E-state index in [0.717, 1.165) is 38.5 Å². The van der Waals surface area contributed by atoms with E-state index in [0.29, 0.717) is 0 Å². The minimum atomic E-state index is -1.09. The maximum Gasteiger partial charge on any atom is 0.246 e. The summed E-state index contributed by atoms with van der Waals surface area (Å²) in [5, 5.41) is 6.18. The molecule has 2 saturated carbocycles. The molecule has 5 rings (SSSR count). The molecular weight excluding hydrogens is 370 g/mol. The van der Waals surface area contributed by atoms with E-state index in [9.17, 15) is 14.4 Å². The van der Waals surface area contributed by atoms with Gasteiger partial charge in [-0.2, -0.15) is 0 Å². The Morgan fingerprint density at radius 2 is 1.83 bits per heavy atom. The van der Waals surface area contributed by atoms with E-state index in [2.05, 4.69) is 17.2 Å². The standard InChI is InChI=1S/C22H29N3O4/c1-3-12-25-17(19(27)24-13-6-4-5-7-13)22-11-10-21(2,29-22)15(16(22)20(25)28)18(26)23-14-8-9-14/h3,10-11,13-17H,1,4-9,12H2,2H3,(H,23,26)(H,24,27). The fraction of sp³-hybridized carbons (Fsp3) is 0.682. The summed E-state index contributed by atoms with van der Waals surface area (Å²) in [5.41, 5.74) is -1.96. The van der Waals surface area contributed by atoms with E-state index < -0.39 is 29.1 Å². The average Bonchev–Trinajstić information content (AvgIpc) is 3.01. The predicted molar refractivity (Wildman–Crippen MR) is 106 cm³/mol. The first-order valence-electron chi connectivity index (χ1n) is 10.8. The van der Waals surface area contributed by atoms with Gasteiger partial charge in [-0.1, -0.05) is 31.1 Å². The highest BCUT2D eigenvalue weighted by atomic mass is 16.5. The third-order valence-electron chi connectivity index (χ3n) is 7.28. The maximum atomic E-state index is 13.5. The van der Waals surface area contributed by atoms with Gasteiger partial charge in [0.25, 0.3) is 0 Å². The molecule has 2 aliphatic carbocycles. The number of carbonyl (C=O) groups excluding carboxylic acids is 3. The Labute approximate surface area is 170 Å². The molecule has 5 aliphatic rings. The Balaban J connectivity index is 1.49. The molecule has 2 bridgehead atoms. The molecule has 2 saturated heterocycles. The smallest absolute Gasteiger partial charge is 0.246 e. The first-order chi connectivity index (χ1) is 13.9. The topological polar surface area (TPSA) is 87.7 Å². The highest BCUT2D eigenvalue weighted by Gasteiger charge is 2.76. The summed E-state index contributed by atoms with van der Waals surface area (Å²) in [6.45, 7) is 5.87. The zero-order valence-electron chi connectivity index (χ0n) is 16.9. The molecule has 5 unspecified atom stereocenters. The van der Waals surface area contributed by atoms with Gasteiger partial charge in [0.1, 0.15) is 11.6 Å². The number of carbonyl (C=O) groups is 3. The van der Waals surface area contributed by atoms with Crippen LogP contribution in [-0.4, -0.2) is 58.5 Å². The second-order valence-corrected chi connectivity index (χ2v) is 9.38. The first-order valence-corrected chi connectivity index (χ1v) is 10.8. The van der Waals surface area contributed by atoms with Crippen LogP contribution >= 0.6 is 0 Å². The number of hydrogen-bond donors (Lipinski definition) is 2. The summed E-state index contributed by atoms with van der Waals surface area (Å²) in [5.74, 6) is -1.84. The van der Waals surface area contributed by atoms with Gasteiger partial charge in [0, 0.05) is 18.6 Å². The lowest BCUT2D eigenvalue weighted by atomic mass is 9.70. The van der Waals surface area contributed by atoms with Gasteiger partial charge in [-0.15, -0.1) is 6.58 Å². The van der Waals surface area contributed by atoms with Crippen LogP contribution < -0.4 is 10.6 Å². The van der Waals surface area contributed by atoms with E-state index in [4.69, 9.17) is 4.74 Å². The molecule has 4 fully saturated rings. The fourth-order valence-corrected chi connectivity index (χ4v) is 5.83. The van der Waals surface area contributed by atoms with Crippen LogP contribution in [0.2, 0.25) is 0 Å². The van der Waals surface area contributed by atoms with Crippen LogP contribution in [0.15, 0.2) is 24.8 Å². The molecular formula is C22H29N3O4. The number of nitrogens with one attached hydrogen (secondary N) is 2. The van der Waals surface area contributed by atoms with Crippen LogP contribution in [0.25, 0.3) is 0 Å². The van der Waals surface area contributed by atoms with Crippen LogP contribution in [0.3, 0.4) is 0 Å². The van der Waals surface area contributed by atoms with E-state index in [-0.39, 0.29) is 36.3 Å². The van der Waals surface area contributed by atoms with Gasteiger partial charge in [0.2, 0.25) is 17.7 Å². The van der Waals surface area contributed by atoms with Crippen molar-refractivity contribution < 1.29 is 19.1 Å². The molecule has 7 nitrogen and oxygen atoms in total. The largest absolute Gasteiger partial charge is 0.356 e. The third kappa shape index (κ3) is 2.70. The Bertz CT molecular complexity index is 800. The normalized spacial score (nSPS) is 40.4. The Morgan fingerprint density at radius 1 is 1.17 bits per heavy atom. The highest BCUT2D eigenvalue weighted by Crippen LogP contribution is 2.59. The number of hydrogen-bond acceptors (Lipinski definition) is 4. The van der Waals surface area contributed by atoms with E-state index in [1.54, 1.807) is 11.0 Å². The molecule has 156 valence electrons. The molecule has 3 amide bonds. The van der Waals surface area contributed by atoms with Crippen molar-refractivity contribution in [2.24, 2.45) is 11.8 Å². The van der Waals surface area contributed by atoms with Gasteiger partial charge >= 0.3 is 0 Å². The van der Waals surface area contributed by atoms with Crippen molar-refractivity contribution in [2.45, 2.75) is 74.8 Å². The lowest BCUT2D eigenvalue weighted by Gasteiger charge is -2.33. The lowest BCUT2D eigenvalue weighted by molar-refractivity contribution is -0.144. The second-order valence-electron chi connectivity index (χ2n) is 9.38. The van der Waals surface area contributed by atoms with E-state index in [1.165, 1.54) is 0 Å². The number of likely N-dealkylation sites (tertiary alicyclic amines) is 1. The van der Waals surface area contributed by atoms with Gasteiger partial charge in [0.15, 0.2) is 0 Å². The Hall–Kier alpha value is -2.15. The predicted octanol–water partition coefficient (Wildman–Crippen LogP) is 1.05. The molecule has 7 heteroatoms. The molecule has 3 aliphatic heterocycles. The number of ether oxygens (including phenoxy) is 1. The summed E-state index contributed by atoms with van der Waals surface area (Å²) >= 11 is 0. The number of fused-ring (bicyclic) bond motifs is 1. The monoisotopic (exact) mass is 399 g/mol. The van der Waals surface area contributed by atoms with Crippen LogP contribution in [-0.2, 0) is 19.1 Å². The molecule has 1 spiro atoms.